The Kier molecular flexibility index (Phi) is 21.5. The fraction of sp³-hybridized carbons (Fsp3) is 0.564. The van der Waals surface area contributed by atoms with Gasteiger partial charge in [0.1, 0.15) is 17.3 Å². The quantitative estimate of drug-likeness (QED) is 0.0594. The van der Waals surface area contributed by atoms with E-state index in [4.69, 9.17) is 42.0 Å². The molecule has 24 heteroatoms. The van der Waals surface area contributed by atoms with Gasteiger partial charge in [-0.1, -0.05) is 13.8 Å². The highest BCUT2D eigenvalue weighted by Gasteiger charge is 2.33. The number of ketones is 2. The minimum absolute atomic E-state index is 0.0638. The number of Topliss-reactive ketones (excluding diaryl/α,β-unsaturated/α-hetero) is 2. The highest BCUT2D eigenvalue weighted by Crippen LogP contribution is 2.27. The normalized spacial score (nSPS) is 13.5. The largest absolute Gasteiger partial charge is 0.519 e. The molecule has 2 atom stereocenters. The molecule has 2 aromatic rings. The number of aryl methyl sites for hydroxylation is 2. The van der Waals surface area contributed by atoms with Gasteiger partial charge in [-0.3, -0.25) is 24.0 Å². The topological polar surface area (TPSA) is 271 Å². The molecule has 0 aromatic carbocycles. The highest BCUT2D eigenvalue weighted by molar-refractivity contribution is 8.13. The first-order chi connectivity index (χ1) is 29.2. The lowest BCUT2D eigenvalue weighted by molar-refractivity contribution is -0.172. The van der Waals surface area contributed by atoms with Crippen molar-refractivity contribution in [1.29, 1.82) is 0 Å². The van der Waals surface area contributed by atoms with Gasteiger partial charge < -0.3 is 50.8 Å². The smallest absolute Gasteiger partial charge is 0.457 e. The molecule has 0 aliphatic carbocycles. The van der Waals surface area contributed by atoms with Crippen LogP contribution >= 0.6 is 48.8 Å². The number of carbonyl (C=O) groups excluding carboxylic acids is 7. The van der Waals surface area contributed by atoms with E-state index in [1.807, 2.05) is 0 Å². The van der Waals surface area contributed by atoms with Gasteiger partial charge in [-0.15, -0.1) is 0 Å². The summed E-state index contributed by atoms with van der Waals surface area (Å²) in [5.41, 5.74) is 0. The van der Waals surface area contributed by atoms with E-state index in [0.717, 1.165) is 0 Å². The highest BCUT2D eigenvalue weighted by atomic mass is 32.2. The summed E-state index contributed by atoms with van der Waals surface area (Å²) in [5.74, 6) is -5.74. The Hall–Kier alpha value is -4.81. The summed E-state index contributed by atoms with van der Waals surface area (Å²) in [6, 6.07) is 0. The van der Waals surface area contributed by atoms with Crippen LogP contribution in [0.25, 0.3) is 0 Å². The van der Waals surface area contributed by atoms with Crippen molar-refractivity contribution in [1.82, 2.24) is 0 Å². The van der Waals surface area contributed by atoms with Crippen molar-refractivity contribution in [3.8, 4) is 0 Å². The van der Waals surface area contributed by atoms with E-state index in [1.165, 1.54) is 13.8 Å². The van der Waals surface area contributed by atoms with Gasteiger partial charge in [0.15, 0.2) is 48.6 Å². The summed E-state index contributed by atoms with van der Waals surface area (Å²) in [6.45, 7) is 16.3. The number of allylic oxidation sites excluding steroid dienone is 1. The molecule has 20 nitrogen and oxygen atoms in total. The van der Waals surface area contributed by atoms with Crippen LogP contribution in [-0.4, -0.2) is 74.5 Å². The number of rotatable bonds is 21. The van der Waals surface area contributed by atoms with Crippen LogP contribution in [0.3, 0.4) is 0 Å². The monoisotopic (exact) mass is 966 g/mol. The lowest BCUT2D eigenvalue weighted by Gasteiger charge is -2.20. The molecule has 63 heavy (non-hydrogen) atoms. The molecule has 0 radical (unpaired) electrons. The second kappa shape index (κ2) is 24.9. The van der Waals surface area contributed by atoms with Crippen molar-refractivity contribution in [3.63, 3.8) is 0 Å². The predicted octanol–water partition coefficient (Wildman–Crippen LogP) is 6.38. The Morgan fingerprint density at radius 2 is 1.03 bits per heavy atom. The SMILES string of the molecule is C=C1OC(C)=C(COC(=O)[C@H](CSC(=O)OCc2oc(=O)oc2C)CC(=O)C(C)(C)S)O1.Cc1oc(=O)oc1COC(=O)SC[C@H](CC(=O)C(C)(C)S)C(=O)OCOC(=O)C(C)C. The van der Waals surface area contributed by atoms with Crippen LogP contribution in [0, 0.1) is 31.6 Å². The first kappa shape index (κ1) is 54.3. The first-order valence-electron chi connectivity index (χ1n) is 18.7. The molecule has 0 amide bonds. The van der Waals surface area contributed by atoms with Gasteiger partial charge in [-0.05, 0) is 78.6 Å². The van der Waals surface area contributed by atoms with Gasteiger partial charge in [0, 0.05) is 24.3 Å². The maximum absolute atomic E-state index is 12.6. The van der Waals surface area contributed by atoms with Crippen molar-refractivity contribution in [2.45, 2.75) is 97.9 Å². The number of thiol groups is 2. The molecule has 0 spiro atoms. The second-order valence-electron chi connectivity index (χ2n) is 14.7. The zero-order valence-corrected chi connectivity index (χ0v) is 39.4. The number of thioether (sulfide) groups is 2. The predicted molar refractivity (Wildman–Crippen MR) is 228 cm³/mol. The average molecular weight is 967 g/mol. The number of esters is 3. The lowest BCUT2D eigenvalue weighted by atomic mass is 9.97. The van der Waals surface area contributed by atoms with E-state index in [2.05, 4.69) is 40.7 Å². The maximum Gasteiger partial charge on any atom is 0.519 e. The number of hydrogen-bond donors (Lipinski definition) is 2. The third kappa shape index (κ3) is 19.6. The molecule has 0 N–H and O–H groups in total. The summed E-state index contributed by atoms with van der Waals surface area (Å²) in [4.78, 5) is 107. The number of carbonyl (C=O) groups is 7. The molecular formula is C39H50O20S4. The van der Waals surface area contributed by atoms with Crippen molar-refractivity contribution in [2.24, 2.45) is 17.8 Å². The van der Waals surface area contributed by atoms with Crippen molar-refractivity contribution in [3.05, 3.63) is 68.3 Å². The van der Waals surface area contributed by atoms with Crippen molar-refractivity contribution in [2.75, 3.05) is 24.9 Å². The van der Waals surface area contributed by atoms with E-state index >= 15 is 0 Å². The van der Waals surface area contributed by atoms with Crippen LogP contribution in [-0.2, 0) is 70.3 Å². The third-order valence-corrected chi connectivity index (χ3v) is 10.5. The lowest BCUT2D eigenvalue weighted by Crippen LogP contribution is -2.32. The van der Waals surface area contributed by atoms with E-state index < -0.39 is 74.2 Å². The van der Waals surface area contributed by atoms with Crippen LogP contribution in [0.5, 0.6) is 0 Å². The molecule has 350 valence electrons. The molecule has 0 saturated heterocycles. The zero-order valence-electron chi connectivity index (χ0n) is 36.0. The Morgan fingerprint density at radius 3 is 1.38 bits per heavy atom. The fourth-order valence-electron chi connectivity index (χ4n) is 4.32. The van der Waals surface area contributed by atoms with E-state index in [0.29, 0.717) is 29.3 Å². The Balaban J connectivity index is 0.000000434. The van der Waals surface area contributed by atoms with E-state index in [9.17, 15) is 43.2 Å². The fourth-order valence-corrected chi connectivity index (χ4v) is 5.97. The second-order valence-corrected chi connectivity index (χ2v) is 18.8. The molecule has 0 bridgehead atoms. The summed E-state index contributed by atoms with van der Waals surface area (Å²) in [6.07, 6.45) is -0.420. The molecular weight excluding hydrogens is 917 g/mol. The van der Waals surface area contributed by atoms with Crippen LogP contribution in [0.2, 0.25) is 0 Å². The van der Waals surface area contributed by atoms with Crippen LogP contribution in [0.15, 0.2) is 51.3 Å². The van der Waals surface area contributed by atoms with Gasteiger partial charge in [-0.25, -0.2) is 19.2 Å². The van der Waals surface area contributed by atoms with Gasteiger partial charge in [0.05, 0.1) is 27.2 Å². The molecule has 0 saturated carbocycles. The van der Waals surface area contributed by atoms with Crippen LogP contribution < -0.4 is 11.6 Å². The zero-order chi connectivity index (χ0) is 47.8. The van der Waals surface area contributed by atoms with E-state index in [1.54, 1.807) is 48.5 Å². The van der Waals surface area contributed by atoms with Gasteiger partial charge in [0.2, 0.25) is 6.79 Å². The molecule has 1 aliphatic heterocycles. The minimum Gasteiger partial charge on any atom is -0.457 e. The molecule has 0 unspecified atom stereocenters. The Labute approximate surface area is 380 Å². The first-order valence-corrected chi connectivity index (χ1v) is 21.6. The van der Waals surface area contributed by atoms with Crippen molar-refractivity contribution < 1.29 is 84.4 Å². The van der Waals surface area contributed by atoms with Crippen molar-refractivity contribution >= 4 is 88.9 Å². The maximum atomic E-state index is 12.6. The molecule has 3 rings (SSSR count). The molecule has 2 aromatic heterocycles. The van der Waals surface area contributed by atoms with Gasteiger partial charge in [0.25, 0.3) is 5.95 Å². The van der Waals surface area contributed by atoms with Crippen LogP contribution in [0.1, 0.15) is 84.3 Å². The van der Waals surface area contributed by atoms with E-state index in [-0.39, 0.29) is 90.5 Å². The van der Waals surface area contributed by atoms with Gasteiger partial charge in [-0.2, -0.15) is 25.3 Å². The summed E-state index contributed by atoms with van der Waals surface area (Å²) >= 11 is 9.76. The summed E-state index contributed by atoms with van der Waals surface area (Å²) in [5, 5.41) is -1.49. The standard InChI is InChI=1S/C20H24O10S2.C19H26O10S2/c1-10-14(29-12(3)27-10)7-25-17(22)13(6-16(21)20(4,5)31)9-32-19(24)26-8-15-11(2)28-18(23)30-15;1-10(2)15(21)26-9-27-16(22)12(6-14(20)19(4,5)30)8-31-18(24)25-7-13-11(3)28-17(23)29-13/h13,31H,3,6-9H2,1-2,4-5H3;10,12,30H,6-9H2,1-5H3/t13-;12-/m00/s1. The number of ether oxygens (including phenoxy) is 7. The van der Waals surface area contributed by atoms with Gasteiger partial charge >= 0.3 is 40.2 Å². The molecule has 3 heterocycles. The summed E-state index contributed by atoms with van der Waals surface area (Å²) in [7, 11) is 0. The summed E-state index contributed by atoms with van der Waals surface area (Å²) < 4.78 is 52.2. The Bertz CT molecular complexity index is 2120. The average Bonchev–Trinajstić information content (AvgIpc) is 3.81. The molecule has 0 fully saturated rings. The van der Waals surface area contributed by atoms with Crippen LogP contribution in [0.4, 0.5) is 9.59 Å². The molecule has 1 aliphatic rings. The number of hydrogen-bond acceptors (Lipinski definition) is 24. The minimum atomic E-state index is -0.997. The third-order valence-electron chi connectivity index (χ3n) is 8.13. The Morgan fingerprint density at radius 1 is 0.619 bits per heavy atom.